The summed E-state index contributed by atoms with van der Waals surface area (Å²) in [5.74, 6) is -8.19. The van der Waals surface area contributed by atoms with Crippen molar-refractivity contribution in [3.8, 4) is 17.2 Å². The summed E-state index contributed by atoms with van der Waals surface area (Å²) >= 11 is 0. The molecule has 8 rings (SSSR count). The predicted molar refractivity (Wildman–Crippen MR) is 268 cm³/mol. The number of aliphatic hydroxyl groups is 2. The van der Waals surface area contributed by atoms with E-state index in [2.05, 4.69) is 34.0 Å². The van der Waals surface area contributed by atoms with Crippen molar-refractivity contribution in [3.63, 3.8) is 0 Å². The lowest BCUT2D eigenvalue weighted by Gasteiger charge is -2.38. The molecule has 1 spiro atoms. The van der Waals surface area contributed by atoms with Crippen LogP contribution >= 0.6 is 0 Å². The van der Waals surface area contributed by atoms with Crippen molar-refractivity contribution < 1.29 is 63.3 Å². The highest BCUT2D eigenvalue weighted by Crippen LogP contribution is 2.51. The summed E-state index contributed by atoms with van der Waals surface area (Å²) in [6.45, 7) is 19.9. The van der Waals surface area contributed by atoms with E-state index in [-0.39, 0.29) is 56.5 Å². The number of aliphatic hydroxyl groups excluding tert-OH is 2. The fourth-order valence-electron chi connectivity index (χ4n) is 11.0. The van der Waals surface area contributed by atoms with Crippen LogP contribution in [0.25, 0.3) is 10.8 Å². The molecule has 72 heavy (non-hydrogen) atoms. The first-order valence-corrected chi connectivity index (χ1v) is 25.4. The summed E-state index contributed by atoms with van der Waals surface area (Å²) in [6.07, 6.45) is 5.55. The van der Waals surface area contributed by atoms with Gasteiger partial charge in [0, 0.05) is 99.2 Å². The molecule has 394 valence electrons. The summed E-state index contributed by atoms with van der Waals surface area (Å²) < 4.78 is 30.0. The number of carbonyl (C=O) groups is 4. The highest BCUT2D eigenvalue weighted by Gasteiger charge is 2.51. The number of nitrogens with one attached hydrogen (secondary N) is 1. The van der Waals surface area contributed by atoms with E-state index in [1.807, 2.05) is 7.05 Å². The number of piperidine rings is 2. The van der Waals surface area contributed by atoms with Crippen LogP contribution in [0.5, 0.6) is 17.2 Å². The minimum absolute atomic E-state index is 0.0229. The van der Waals surface area contributed by atoms with Gasteiger partial charge in [-0.3, -0.25) is 24.2 Å². The molecule has 2 saturated heterocycles. The molecule has 5 bridgehead atoms. The van der Waals surface area contributed by atoms with Crippen LogP contribution < -0.4 is 20.8 Å². The van der Waals surface area contributed by atoms with Crippen LogP contribution in [-0.4, -0.2) is 143 Å². The van der Waals surface area contributed by atoms with Crippen molar-refractivity contribution in [2.75, 3.05) is 58.8 Å². The van der Waals surface area contributed by atoms with Crippen LogP contribution in [0.3, 0.4) is 0 Å². The Balaban J connectivity index is 1.28. The minimum Gasteiger partial charge on any atom is -0.507 e. The SMILES string of the molecule is CO[C@H]1/C=C/O[C@@]2(C)Oc3c(C)c(O)c4c(O)c(c5c(c4c3C2=O)NC2(CCN(CC(C)C)CC2)N=5)=NC(=O)/C(C)=C\C=C\[C@H](C)[C@H](O)[C@@H](C)[C@@H](O)[C@@H](C)[C@H](OC(=O)CC(=O)OCC2CCCN(C)C2)[C@@H]1C. The lowest BCUT2D eigenvalue weighted by atomic mass is 9.78. The number of carbonyl (C=O) groups excluding carboxylic acids is 4. The highest BCUT2D eigenvalue weighted by atomic mass is 16.7. The Morgan fingerprint density at radius 2 is 1.65 bits per heavy atom. The number of amides is 1. The molecule has 2 aromatic rings. The van der Waals surface area contributed by atoms with Gasteiger partial charge in [-0.15, -0.1) is 0 Å². The lowest BCUT2D eigenvalue weighted by molar-refractivity contribution is -0.168. The monoisotopic (exact) mass is 1000 g/mol. The van der Waals surface area contributed by atoms with Crippen molar-refractivity contribution in [2.24, 2.45) is 45.5 Å². The average molecular weight is 1000 g/mol. The quantitative estimate of drug-likeness (QED) is 0.133. The maximum absolute atomic E-state index is 14.9. The first-order chi connectivity index (χ1) is 34.0. The second kappa shape index (κ2) is 22.0. The standard InChI is InChI=1S/C54H75N5O13/c1-28(2)25-59-21-18-54(19-22-59)56-42-39-40-47(64)34(8)50-41(39)51(66)53(9,72-50)70-23-17-36(68-11)31(5)49(71-38(61)24-37(60)69-27-35-16-13-20-58(10)26-35)33(7)46(63)32(6)45(62)29(3)14-12-15-30(4)52(67)55-44(48(40)65)43(42)57-54/h12,14-15,17,23,28-29,31-33,35-36,45-46,49,56,62-65H,13,16,18-22,24-27H2,1-11H3/b14-12+,23-17+,30-15-,55-44?/t29-,31+,32+,33+,35?,36-,45-,46+,49+,53-/m0/s1. The number of ketones is 1. The van der Waals surface area contributed by atoms with Crippen molar-refractivity contribution in [2.45, 2.75) is 130 Å². The maximum atomic E-state index is 14.9. The molecule has 2 aromatic carbocycles. The fraction of sp³-hybridized carbons (Fsp3) is 0.630. The number of methoxy groups -OCH3 is 1. The van der Waals surface area contributed by atoms with Gasteiger partial charge in [0.25, 0.3) is 11.7 Å². The number of anilines is 1. The Kier molecular flexibility index (Phi) is 16.6. The third-order valence-corrected chi connectivity index (χ3v) is 15.4. The van der Waals surface area contributed by atoms with Crippen molar-refractivity contribution >= 4 is 40.1 Å². The molecule has 18 heteroatoms. The highest BCUT2D eigenvalue weighted by molar-refractivity contribution is 6.21. The number of benzene rings is 2. The van der Waals surface area contributed by atoms with Gasteiger partial charge in [-0.25, -0.2) is 4.99 Å². The molecule has 6 aliphatic heterocycles. The van der Waals surface area contributed by atoms with Gasteiger partial charge in [0.2, 0.25) is 0 Å². The molecule has 5 N–H and O–H groups in total. The second-order valence-electron chi connectivity index (χ2n) is 21.5. The summed E-state index contributed by atoms with van der Waals surface area (Å²) in [6, 6.07) is 0. The average Bonchev–Trinajstić information content (AvgIpc) is 3.84. The number of hydrogen-bond donors (Lipinski definition) is 5. The number of ether oxygens (including phenoxy) is 5. The van der Waals surface area contributed by atoms with Gasteiger partial charge in [0.15, 0.2) is 5.75 Å². The number of phenols is 2. The van der Waals surface area contributed by atoms with E-state index in [4.69, 9.17) is 28.7 Å². The van der Waals surface area contributed by atoms with E-state index in [9.17, 15) is 39.6 Å². The number of fused-ring (bicyclic) bond motifs is 13. The molecule has 0 aliphatic carbocycles. The Bertz CT molecular complexity index is 2640. The van der Waals surface area contributed by atoms with Crippen LogP contribution in [-0.2, 0) is 33.3 Å². The zero-order valence-electron chi connectivity index (χ0n) is 43.7. The van der Waals surface area contributed by atoms with Gasteiger partial charge in [0.05, 0.1) is 47.8 Å². The van der Waals surface area contributed by atoms with Gasteiger partial charge < -0.3 is 59.2 Å². The van der Waals surface area contributed by atoms with E-state index < -0.39 is 101 Å². The second-order valence-corrected chi connectivity index (χ2v) is 21.5. The first kappa shape index (κ1) is 54.4. The largest absolute Gasteiger partial charge is 0.507 e. The summed E-state index contributed by atoms with van der Waals surface area (Å²) in [5, 5.41) is 51.2. The van der Waals surface area contributed by atoms with E-state index in [1.165, 1.54) is 32.4 Å². The summed E-state index contributed by atoms with van der Waals surface area (Å²) in [5.41, 5.74) is -0.250. The molecular weight excluding hydrogens is 927 g/mol. The number of esters is 2. The molecule has 0 saturated carbocycles. The smallest absolute Gasteiger partial charge is 0.317 e. The van der Waals surface area contributed by atoms with Crippen LogP contribution in [0.1, 0.15) is 103 Å². The van der Waals surface area contributed by atoms with Crippen LogP contribution in [0.15, 0.2) is 46.1 Å². The summed E-state index contributed by atoms with van der Waals surface area (Å²) in [4.78, 5) is 69.6. The van der Waals surface area contributed by atoms with Gasteiger partial charge in [-0.2, -0.15) is 0 Å². The number of aromatic hydroxyl groups is 2. The van der Waals surface area contributed by atoms with Gasteiger partial charge in [-0.1, -0.05) is 59.8 Å². The number of Topliss-reactive ketones (excluding diaryl/α,β-unsaturated/α-hetero) is 1. The first-order valence-electron chi connectivity index (χ1n) is 25.4. The third kappa shape index (κ3) is 11.1. The molecule has 6 aliphatic rings. The molecule has 0 radical (unpaired) electrons. The zero-order valence-corrected chi connectivity index (χ0v) is 43.7. The van der Waals surface area contributed by atoms with E-state index >= 15 is 0 Å². The van der Waals surface area contributed by atoms with E-state index in [1.54, 1.807) is 53.7 Å². The number of nitrogens with zero attached hydrogens (tertiary/aromatic N) is 4. The lowest BCUT2D eigenvalue weighted by Crippen LogP contribution is -2.47. The van der Waals surface area contributed by atoms with Crippen molar-refractivity contribution in [1.29, 1.82) is 0 Å². The van der Waals surface area contributed by atoms with E-state index in [0.717, 1.165) is 32.5 Å². The molecule has 10 atom stereocenters. The normalized spacial score (nSPS) is 32.0. The molecule has 1 unspecified atom stereocenters. The topological polar surface area (TPSA) is 239 Å². The van der Waals surface area contributed by atoms with Crippen LogP contribution in [0, 0.1) is 42.4 Å². The van der Waals surface area contributed by atoms with Gasteiger partial charge >= 0.3 is 17.7 Å². The van der Waals surface area contributed by atoms with Crippen molar-refractivity contribution in [1.82, 2.24) is 9.80 Å². The molecule has 18 nitrogen and oxygen atoms in total. The Hall–Kier alpha value is -5.40. The molecule has 0 aromatic heterocycles. The van der Waals surface area contributed by atoms with Gasteiger partial charge in [-0.05, 0) is 52.3 Å². The molecule has 1 amide bonds. The van der Waals surface area contributed by atoms with Crippen LogP contribution in [0.2, 0.25) is 0 Å². The Morgan fingerprint density at radius 1 is 0.944 bits per heavy atom. The van der Waals surface area contributed by atoms with Crippen molar-refractivity contribution in [3.05, 3.63) is 58.0 Å². The van der Waals surface area contributed by atoms with Crippen LogP contribution in [0.4, 0.5) is 5.69 Å². The number of rotatable bonds is 8. The predicted octanol–water partition coefficient (Wildman–Crippen LogP) is 5.00. The molecular formula is C54H75N5O13. The number of phenolic OH excluding ortho intramolecular Hbond substituents is 2. The number of likely N-dealkylation sites (tertiary alicyclic amines) is 2. The number of allylic oxidation sites excluding steroid dienone is 2. The summed E-state index contributed by atoms with van der Waals surface area (Å²) in [7, 11) is 3.44. The Morgan fingerprint density at radius 3 is 2.32 bits per heavy atom. The van der Waals surface area contributed by atoms with Gasteiger partial charge in [0.1, 0.15) is 40.4 Å². The van der Waals surface area contributed by atoms with E-state index in [0.29, 0.717) is 37.5 Å². The molecule has 2 fully saturated rings. The Labute approximate surface area is 421 Å². The molecule has 6 heterocycles. The third-order valence-electron chi connectivity index (χ3n) is 15.4. The zero-order chi connectivity index (χ0) is 52.6. The minimum atomic E-state index is -2.02. The fourth-order valence-corrected chi connectivity index (χ4v) is 11.0. The number of hydrogen-bond acceptors (Lipinski definition) is 17. The maximum Gasteiger partial charge on any atom is 0.317 e.